The summed E-state index contributed by atoms with van der Waals surface area (Å²) < 4.78 is 36.8. The summed E-state index contributed by atoms with van der Waals surface area (Å²) in [6.07, 6.45) is -3.23. The largest absolute Gasteiger partial charge is 0.401 e. The average molecular weight is 224 g/mol. The lowest BCUT2D eigenvalue weighted by Crippen LogP contribution is -2.51. The van der Waals surface area contributed by atoms with Crippen LogP contribution in [0, 0.1) is 5.92 Å². The van der Waals surface area contributed by atoms with E-state index < -0.39 is 12.7 Å². The fraction of sp³-hybridized carbons (Fsp3) is 1.00. The molecule has 1 aliphatic heterocycles. The Kier molecular flexibility index (Phi) is 4.40. The molecule has 0 spiro atoms. The zero-order valence-corrected chi connectivity index (χ0v) is 9.27. The van der Waals surface area contributed by atoms with Gasteiger partial charge in [0.2, 0.25) is 0 Å². The predicted molar refractivity (Wildman–Crippen MR) is 53.7 cm³/mol. The molecule has 2 nitrogen and oxygen atoms in total. The Bertz CT molecular complexity index is 194. The van der Waals surface area contributed by atoms with Gasteiger partial charge in [-0.2, -0.15) is 13.2 Å². The molecule has 0 radical (unpaired) electrons. The van der Waals surface area contributed by atoms with Crippen LogP contribution in [0.3, 0.4) is 0 Å². The first kappa shape index (κ1) is 12.8. The van der Waals surface area contributed by atoms with Gasteiger partial charge in [-0.3, -0.25) is 4.90 Å². The van der Waals surface area contributed by atoms with Crippen molar-refractivity contribution in [3.8, 4) is 0 Å². The summed E-state index contributed by atoms with van der Waals surface area (Å²) >= 11 is 0. The van der Waals surface area contributed by atoms with Crippen LogP contribution in [0.2, 0.25) is 0 Å². The molecule has 1 heterocycles. The number of halogens is 3. The van der Waals surface area contributed by atoms with Crippen molar-refractivity contribution in [2.75, 3.05) is 26.2 Å². The molecule has 1 rings (SSSR count). The molecule has 0 saturated carbocycles. The SMILES string of the molecule is CCN(CC(F)(F)F)C1CNCC(C)C1. The molecule has 90 valence electrons. The maximum atomic E-state index is 12.3. The first-order valence-electron chi connectivity index (χ1n) is 5.44. The van der Waals surface area contributed by atoms with E-state index in [4.69, 9.17) is 0 Å². The lowest BCUT2D eigenvalue weighted by molar-refractivity contribution is -0.151. The van der Waals surface area contributed by atoms with Crippen LogP contribution in [0.4, 0.5) is 13.2 Å². The van der Waals surface area contributed by atoms with Crippen molar-refractivity contribution in [1.29, 1.82) is 0 Å². The van der Waals surface area contributed by atoms with E-state index in [-0.39, 0.29) is 6.04 Å². The molecule has 0 amide bonds. The number of hydrogen-bond donors (Lipinski definition) is 1. The lowest BCUT2D eigenvalue weighted by atomic mass is 9.96. The second kappa shape index (κ2) is 5.16. The van der Waals surface area contributed by atoms with Gasteiger partial charge in [0, 0.05) is 12.6 Å². The van der Waals surface area contributed by atoms with Crippen LogP contribution in [0.15, 0.2) is 0 Å². The molecule has 2 unspecified atom stereocenters. The minimum Gasteiger partial charge on any atom is -0.315 e. The Morgan fingerprint density at radius 1 is 1.33 bits per heavy atom. The van der Waals surface area contributed by atoms with E-state index in [2.05, 4.69) is 12.2 Å². The first-order chi connectivity index (χ1) is 6.92. The maximum Gasteiger partial charge on any atom is 0.401 e. The quantitative estimate of drug-likeness (QED) is 0.787. The number of hydrogen-bond acceptors (Lipinski definition) is 2. The summed E-state index contributed by atoms with van der Waals surface area (Å²) in [5, 5.41) is 3.18. The Labute approximate surface area is 88.8 Å². The minimum atomic E-state index is -4.09. The zero-order valence-electron chi connectivity index (χ0n) is 9.27. The molecule has 2 atom stereocenters. The molecule has 1 aliphatic rings. The molecule has 1 saturated heterocycles. The fourth-order valence-electron chi connectivity index (χ4n) is 2.14. The molecule has 1 fully saturated rings. The Hall–Kier alpha value is -0.290. The molecule has 0 aliphatic carbocycles. The lowest BCUT2D eigenvalue weighted by Gasteiger charge is -2.36. The van der Waals surface area contributed by atoms with Gasteiger partial charge >= 0.3 is 6.18 Å². The van der Waals surface area contributed by atoms with E-state index in [1.807, 2.05) is 0 Å². The molecule has 0 bridgehead atoms. The van der Waals surface area contributed by atoms with E-state index in [0.717, 1.165) is 13.0 Å². The second-order valence-electron chi connectivity index (χ2n) is 4.33. The van der Waals surface area contributed by atoms with Gasteiger partial charge in [0.15, 0.2) is 0 Å². The van der Waals surface area contributed by atoms with E-state index in [0.29, 0.717) is 19.0 Å². The van der Waals surface area contributed by atoms with Crippen LogP contribution < -0.4 is 5.32 Å². The topological polar surface area (TPSA) is 15.3 Å². The predicted octanol–water partition coefficient (Wildman–Crippen LogP) is 1.87. The minimum absolute atomic E-state index is 0.0281. The van der Waals surface area contributed by atoms with Gasteiger partial charge in [-0.25, -0.2) is 0 Å². The Morgan fingerprint density at radius 2 is 2.00 bits per heavy atom. The van der Waals surface area contributed by atoms with Crippen LogP contribution in [0.1, 0.15) is 20.3 Å². The third-order valence-electron chi connectivity index (χ3n) is 2.85. The normalized spacial score (nSPS) is 28.4. The summed E-state index contributed by atoms with van der Waals surface area (Å²) in [4.78, 5) is 1.52. The highest BCUT2D eigenvalue weighted by atomic mass is 19.4. The number of rotatable bonds is 3. The van der Waals surface area contributed by atoms with E-state index in [9.17, 15) is 13.2 Å². The zero-order chi connectivity index (χ0) is 11.5. The van der Waals surface area contributed by atoms with Gasteiger partial charge in [0.25, 0.3) is 0 Å². The maximum absolute atomic E-state index is 12.3. The van der Waals surface area contributed by atoms with Crippen molar-refractivity contribution < 1.29 is 13.2 Å². The fourth-order valence-corrected chi connectivity index (χ4v) is 2.14. The van der Waals surface area contributed by atoms with Crippen molar-refractivity contribution in [3.05, 3.63) is 0 Å². The number of alkyl halides is 3. The highest BCUT2D eigenvalue weighted by Gasteiger charge is 2.34. The highest BCUT2D eigenvalue weighted by molar-refractivity contribution is 4.82. The highest BCUT2D eigenvalue weighted by Crippen LogP contribution is 2.21. The molecular weight excluding hydrogens is 205 g/mol. The molecule has 0 aromatic rings. The molecule has 1 N–H and O–H groups in total. The summed E-state index contributed by atoms with van der Waals surface area (Å²) in [6, 6.07) is 0.0281. The van der Waals surface area contributed by atoms with E-state index in [1.165, 1.54) is 4.90 Å². The summed E-state index contributed by atoms with van der Waals surface area (Å²) in [5.41, 5.74) is 0. The van der Waals surface area contributed by atoms with Gasteiger partial charge in [0.1, 0.15) is 0 Å². The van der Waals surface area contributed by atoms with Gasteiger partial charge in [-0.15, -0.1) is 0 Å². The first-order valence-corrected chi connectivity index (χ1v) is 5.44. The standard InChI is InChI=1S/C10H19F3N2/c1-3-15(7-10(11,12)13)9-4-8(2)5-14-6-9/h8-9,14H,3-7H2,1-2H3. The smallest absolute Gasteiger partial charge is 0.315 e. The van der Waals surface area contributed by atoms with Crippen LogP contribution >= 0.6 is 0 Å². The number of nitrogens with zero attached hydrogens (tertiary/aromatic N) is 1. The Balaban J connectivity index is 2.50. The summed E-state index contributed by atoms with van der Waals surface area (Å²) in [7, 11) is 0. The number of piperidine rings is 1. The van der Waals surface area contributed by atoms with Crippen LogP contribution in [0.25, 0.3) is 0 Å². The van der Waals surface area contributed by atoms with Crippen molar-refractivity contribution in [2.24, 2.45) is 5.92 Å². The van der Waals surface area contributed by atoms with Gasteiger partial charge in [-0.05, 0) is 25.4 Å². The third-order valence-corrected chi connectivity index (χ3v) is 2.85. The van der Waals surface area contributed by atoms with Gasteiger partial charge in [-0.1, -0.05) is 13.8 Å². The summed E-state index contributed by atoms with van der Waals surface area (Å²) in [6.45, 7) is 5.11. The number of likely N-dealkylation sites (N-methyl/N-ethyl adjacent to an activating group) is 1. The molecule has 5 heteroatoms. The van der Waals surface area contributed by atoms with Crippen LogP contribution in [0.5, 0.6) is 0 Å². The van der Waals surface area contributed by atoms with Crippen molar-refractivity contribution in [3.63, 3.8) is 0 Å². The monoisotopic (exact) mass is 224 g/mol. The van der Waals surface area contributed by atoms with E-state index >= 15 is 0 Å². The van der Waals surface area contributed by atoms with Gasteiger partial charge < -0.3 is 5.32 Å². The molecular formula is C10H19F3N2. The molecule has 0 aromatic carbocycles. The van der Waals surface area contributed by atoms with Crippen molar-refractivity contribution in [1.82, 2.24) is 10.2 Å². The average Bonchev–Trinajstić information content (AvgIpc) is 2.13. The second-order valence-corrected chi connectivity index (χ2v) is 4.33. The van der Waals surface area contributed by atoms with Crippen molar-refractivity contribution >= 4 is 0 Å². The van der Waals surface area contributed by atoms with Crippen LogP contribution in [-0.4, -0.2) is 43.3 Å². The third kappa shape index (κ3) is 4.38. The Morgan fingerprint density at radius 3 is 2.47 bits per heavy atom. The molecule has 0 aromatic heterocycles. The molecule has 15 heavy (non-hydrogen) atoms. The summed E-state index contributed by atoms with van der Waals surface area (Å²) in [5.74, 6) is 0.464. The number of nitrogens with one attached hydrogen (secondary N) is 1. The van der Waals surface area contributed by atoms with Gasteiger partial charge in [0.05, 0.1) is 6.54 Å². The van der Waals surface area contributed by atoms with Crippen LogP contribution in [-0.2, 0) is 0 Å². The van der Waals surface area contributed by atoms with E-state index in [1.54, 1.807) is 6.92 Å². The van der Waals surface area contributed by atoms with Crippen molar-refractivity contribution in [2.45, 2.75) is 32.5 Å².